The zero-order valence-electron chi connectivity index (χ0n) is 22.2. The quantitative estimate of drug-likeness (QED) is 0.403. The van der Waals surface area contributed by atoms with Gasteiger partial charge >= 0.3 is 5.97 Å². The Balaban J connectivity index is 1.54. The highest BCUT2D eigenvalue weighted by molar-refractivity contribution is 6.09. The van der Waals surface area contributed by atoms with Crippen LogP contribution in [-0.4, -0.2) is 23.6 Å². The molecule has 0 N–H and O–H groups in total. The monoisotopic (exact) mass is 499 g/mol. The number of allylic oxidation sites excluding steroid dienone is 2. The summed E-state index contributed by atoms with van der Waals surface area (Å²) in [7, 11) is 0. The molecule has 3 aliphatic rings. The molecular formula is C32H37NO4. The Morgan fingerprint density at radius 3 is 2.43 bits per heavy atom. The molecule has 1 unspecified atom stereocenters. The first-order valence-corrected chi connectivity index (χ1v) is 13.6. The molecule has 1 fully saturated rings. The first kappa shape index (κ1) is 25.4. The van der Waals surface area contributed by atoms with Crippen molar-refractivity contribution in [2.24, 2.45) is 16.3 Å². The van der Waals surface area contributed by atoms with Gasteiger partial charge in [-0.2, -0.15) is 0 Å². The molecular weight excluding hydrogens is 462 g/mol. The van der Waals surface area contributed by atoms with Gasteiger partial charge < -0.3 is 9.47 Å². The van der Waals surface area contributed by atoms with E-state index in [0.717, 1.165) is 42.5 Å². The highest BCUT2D eigenvalue weighted by atomic mass is 16.5. The van der Waals surface area contributed by atoms with Crippen molar-refractivity contribution < 1.29 is 19.1 Å². The van der Waals surface area contributed by atoms with Crippen molar-refractivity contribution in [2.75, 3.05) is 0 Å². The zero-order chi connectivity index (χ0) is 26.0. The van der Waals surface area contributed by atoms with Gasteiger partial charge in [0, 0.05) is 34.9 Å². The zero-order valence-corrected chi connectivity index (χ0v) is 22.2. The molecule has 2 atom stereocenters. The average Bonchev–Trinajstić information content (AvgIpc) is 2.87. The Morgan fingerprint density at radius 2 is 1.68 bits per heavy atom. The highest BCUT2D eigenvalue weighted by Gasteiger charge is 2.47. The van der Waals surface area contributed by atoms with Crippen LogP contribution in [0.1, 0.15) is 82.8 Å². The molecule has 0 amide bonds. The fourth-order valence-corrected chi connectivity index (χ4v) is 6.11. The number of nitrogens with zero attached hydrogens (tertiary/aromatic N) is 1. The predicted octanol–water partition coefficient (Wildman–Crippen LogP) is 6.96. The Bertz CT molecular complexity index is 1220. The number of aliphatic imine (C=N–C) groups is 1. The molecule has 5 nitrogen and oxygen atoms in total. The number of ether oxygens (including phenoxy) is 2. The minimum Gasteiger partial charge on any atom is -0.489 e. The summed E-state index contributed by atoms with van der Waals surface area (Å²) < 4.78 is 12.4. The van der Waals surface area contributed by atoms with Gasteiger partial charge in [-0.3, -0.25) is 14.6 Å². The van der Waals surface area contributed by atoms with Crippen LogP contribution in [0.3, 0.4) is 0 Å². The molecule has 194 valence electrons. The number of Topliss-reactive ketones (excluding diaryl/α,β-unsaturated/α-hetero) is 1. The summed E-state index contributed by atoms with van der Waals surface area (Å²) in [6, 6.07) is 17.8. The van der Waals surface area contributed by atoms with E-state index in [1.54, 1.807) is 0 Å². The SMILES string of the molecule is CC1=NC2=C(C(=O)CC(C)(C)C2)[C@H](c2ccccc2OCc2ccccc2)C1C(=O)OC1CCCCC1. The molecule has 1 saturated carbocycles. The maximum Gasteiger partial charge on any atom is 0.315 e. The van der Waals surface area contributed by atoms with Crippen LogP contribution in [-0.2, 0) is 20.9 Å². The second kappa shape index (κ2) is 10.6. The van der Waals surface area contributed by atoms with Crippen molar-refractivity contribution >= 4 is 17.5 Å². The van der Waals surface area contributed by atoms with E-state index in [4.69, 9.17) is 14.5 Å². The van der Waals surface area contributed by atoms with Gasteiger partial charge in [0.05, 0.1) is 0 Å². The van der Waals surface area contributed by atoms with Gasteiger partial charge in [-0.25, -0.2) is 0 Å². The van der Waals surface area contributed by atoms with Crippen LogP contribution >= 0.6 is 0 Å². The van der Waals surface area contributed by atoms with E-state index in [0.29, 0.717) is 36.5 Å². The lowest BCUT2D eigenvalue weighted by atomic mass is 9.66. The standard InChI is InChI=1S/C32H37NO4/c1-21-28(31(35)37-23-14-8-5-9-15-23)29(30-25(33-21)18-32(2,3)19-26(30)34)24-16-10-11-17-27(24)36-20-22-12-6-4-7-13-22/h4,6-7,10-13,16-17,23,28-29H,5,8-9,14-15,18-20H2,1-3H3/t28?,29-/m1/s1. The van der Waals surface area contributed by atoms with E-state index >= 15 is 0 Å². The molecule has 0 saturated heterocycles. The third kappa shape index (κ3) is 5.56. The number of ketones is 1. The topological polar surface area (TPSA) is 65.0 Å². The largest absolute Gasteiger partial charge is 0.489 e. The molecule has 0 radical (unpaired) electrons. The van der Waals surface area contributed by atoms with E-state index in [9.17, 15) is 9.59 Å². The molecule has 1 aliphatic heterocycles. The summed E-state index contributed by atoms with van der Waals surface area (Å²) in [5.74, 6) is -0.640. The number of para-hydroxylation sites is 1. The summed E-state index contributed by atoms with van der Waals surface area (Å²) in [5, 5.41) is 0. The Labute approximate surface area is 220 Å². The average molecular weight is 500 g/mol. The van der Waals surface area contributed by atoms with E-state index in [-0.39, 0.29) is 23.3 Å². The minimum atomic E-state index is -0.646. The summed E-state index contributed by atoms with van der Waals surface area (Å²) in [6.07, 6.45) is 6.24. The van der Waals surface area contributed by atoms with Crippen LogP contribution < -0.4 is 4.74 Å². The van der Waals surface area contributed by atoms with Crippen molar-refractivity contribution in [3.8, 4) is 5.75 Å². The number of carbonyl (C=O) groups excluding carboxylic acids is 2. The lowest BCUT2D eigenvalue weighted by molar-refractivity contribution is -0.153. The van der Waals surface area contributed by atoms with Gasteiger partial charge in [0.25, 0.3) is 0 Å². The molecule has 5 rings (SSSR count). The van der Waals surface area contributed by atoms with Crippen LogP contribution in [0.25, 0.3) is 0 Å². The number of hydrogen-bond donors (Lipinski definition) is 0. The molecule has 2 aromatic rings. The third-order valence-electron chi connectivity index (χ3n) is 7.88. The predicted molar refractivity (Wildman–Crippen MR) is 145 cm³/mol. The summed E-state index contributed by atoms with van der Waals surface area (Å²) >= 11 is 0. The van der Waals surface area contributed by atoms with Crippen molar-refractivity contribution in [1.29, 1.82) is 0 Å². The summed E-state index contributed by atoms with van der Waals surface area (Å²) in [4.78, 5) is 32.3. The lowest BCUT2D eigenvalue weighted by Gasteiger charge is -2.39. The van der Waals surface area contributed by atoms with Gasteiger partial charge in [0.15, 0.2) is 5.78 Å². The number of esters is 1. The van der Waals surface area contributed by atoms with E-state index in [2.05, 4.69) is 13.8 Å². The fraction of sp³-hybridized carbons (Fsp3) is 0.469. The molecule has 0 aromatic heterocycles. The maximum absolute atomic E-state index is 13.8. The summed E-state index contributed by atoms with van der Waals surface area (Å²) in [5.41, 5.74) is 3.92. The van der Waals surface area contributed by atoms with Crippen LogP contribution in [0.5, 0.6) is 5.75 Å². The lowest BCUT2D eigenvalue weighted by Crippen LogP contribution is -2.40. The number of rotatable bonds is 6. The van der Waals surface area contributed by atoms with Gasteiger partial charge in [-0.15, -0.1) is 0 Å². The Kier molecular flexibility index (Phi) is 7.32. The van der Waals surface area contributed by atoms with E-state index < -0.39 is 11.8 Å². The Hall–Kier alpha value is -3.21. The van der Waals surface area contributed by atoms with Gasteiger partial charge in [-0.1, -0.05) is 68.8 Å². The molecule has 2 aliphatic carbocycles. The van der Waals surface area contributed by atoms with E-state index in [1.165, 1.54) is 6.42 Å². The van der Waals surface area contributed by atoms with Crippen molar-refractivity contribution in [3.05, 3.63) is 77.0 Å². The van der Waals surface area contributed by atoms with E-state index in [1.807, 2.05) is 61.5 Å². The molecule has 1 heterocycles. The van der Waals surface area contributed by atoms with Crippen molar-refractivity contribution in [2.45, 2.75) is 84.3 Å². The molecule has 0 spiro atoms. The fourth-order valence-electron chi connectivity index (χ4n) is 6.11. The Morgan fingerprint density at radius 1 is 0.973 bits per heavy atom. The van der Waals surface area contributed by atoms with Crippen LogP contribution in [0.2, 0.25) is 0 Å². The second-order valence-electron chi connectivity index (χ2n) is 11.5. The first-order chi connectivity index (χ1) is 17.8. The maximum atomic E-state index is 13.8. The van der Waals surface area contributed by atoms with Crippen LogP contribution in [0.4, 0.5) is 0 Å². The van der Waals surface area contributed by atoms with Gasteiger partial charge in [-0.05, 0) is 56.1 Å². The minimum absolute atomic E-state index is 0.0596. The van der Waals surface area contributed by atoms with Crippen LogP contribution in [0.15, 0.2) is 70.9 Å². The summed E-state index contributed by atoms with van der Waals surface area (Å²) in [6.45, 7) is 6.52. The van der Waals surface area contributed by atoms with Crippen molar-refractivity contribution in [3.63, 3.8) is 0 Å². The number of benzene rings is 2. The van der Waals surface area contributed by atoms with Gasteiger partial charge in [0.1, 0.15) is 24.4 Å². The number of hydrogen-bond acceptors (Lipinski definition) is 5. The number of carbonyl (C=O) groups is 2. The highest BCUT2D eigenvalue weighted by Crippen LogP contribution is 2.49. The molecule has 2 aromatic carbocycles. The molecule has 5 heteroatoms. The molecule has 0 bridgehead atoms. The smallest absolute Gasteiger partial charge is 0.315 e. The van der Waals surface area contributed by atoms with Gasteiger partial charge in [0.2, 0.25) is 0 Å². The first-order valence-electron chi connectivity index (χ1n) is 13.6. The third-order valence-corrected chi connectivity index (χ3v) is 7.88. The van der Waals surface area contributed by atoms with Crippen LogP contribution in [0, 0.1) is 11.3 Å². The normalized spacial score (nSPS) is 23.8. The molecule has 37 heavy (non-hydrogen) atoms. The van der Waals surface area contributed by atoms with Crippen molar-refractivity contribution in [1.82, 2.24) is 0 Å². The second-order valence-corrected chi connectivity index (χ2v) is 11.5.